The fourth-order valence-corrected chi connectivity index (χ4v) is 1.86. The molecule has 1 rings (SSSR count). The summed E-state index contributed by atoms with van der Waals surface area (Å²) in [6.45, 7) is 4.86. The topological polar surface area (TPSA) is 89.3 Å². The van der Waals surface area contributed by atoms with Gasteiger partial charge in [-0.15, -0.1) is 0 Å². The van der Waals surface area contributed by atoms with Crippen LogP contribution in [0.15, 0.2) is 18.2 Å². The van der Waals surface area contributed by atoms with E-state index >= 15 is 0 Å². The number of sulfone groups is 1. The first-order chi connectivity index (χ1) is 9.59. The third-order valence-electron chi connectivity index (χ3n) is 3.28. The molecule has 0 spiro atoms. The van der Waals surface area contributed by atoms with E-state index in [2.05, 4.69) is 17.2 Å². The lowest BCUT2D eigenvalue weighted by Crippen LogP contribution is -2.43. The number of rotatable bonds is 3. The van der Waals surface area contributed by atoms with E-state index in [1.165, 1.54) is 13.8 Å². The zero-order chi connectivity index (χ0) is 16.3. The van der Waals surface area contributed by atoms with Gasteiger partial charge in [-0.2, -0.15) is 0 Å². The maximum atomic E-state index is 12.2. The number of amides is 1. The van der Waals surface area contributed by atoms with Gasteiger partial charge >= 0.3 is 0 Å². The number of hydrogen-bond acceptors (Lipinski definition) is 4. The van der Waals surface area contributed by atoms with Gasteiger partial charge in [-0.05, 0) is 44.5 Å². The highest BCUT2D eigenvalue weighted by molar-refractivity contribution is 7.92. The zero-order valence-electron chi connectivity index (χ0n) is 12.6. The molecule has 0 saturated heterocycles. The largest absolute Gasteiger partial charge is 0.324 e. The Kier molecular flexibility index (Phi) is 5.15. The average Bonchev–Trinajstić information content (AvgIpc) is 2.37. The molecular weight excluding hydrogens is 288 g/mol. The second kappa shape index (κ2) is 6.29. The monoisotopic (exact) mass is 308 g/mol. The van der Waals surface area contributed by atoms with Crippen molar-refractivity contribution in [2.45, 2.75) is 25.5 Å². The van der Waals surface area contributed by atoms with E-state index in [4.69, 9.17) is 5.73 Å². The number of nitrogens with one attached hydrogen (secondary N) is 1. The van der Waals surface area contributed by atoms with Gasteiger partial charge in [0.25, 0.3) is 0 Å². The Hall–Kier alpha value is -1.84. The summed E-state index contributed by atoms with van der Waals surface area (Å²) in [7, 11) is -3.50. The summed E-state index contributed by atoms with van der Waals surface area (Å²) in [6.07, 6.45) is 1.05. The number of hydrogen-bond donors (Lipinski definition) is 2. The van der Waals surface area contributed by atoms with Crippen molar-refractivity contribution < 1.29 is 13.2 Å². The second-order valence-corrected chi connectivity index (χ2v) is 7.84. The molecule has 0 atom stereocenters. The Labute approximate surface area is 125 Å². The van der Waals surface area contributed by atoms with Crippen LogP contribution in [-0.2, 0) is 14.6 Å². The zero-order valence-corrected chi connectivity index (χ0v) is 13.5. The lowest BCUT2D eigenvalue weighted by molar-refractivity contribution is -0.117. The van der Waals surface area contributed by atoms with Crippen molar-refractivity contribution in [2.75, 3.05) is 18.1 Å². The average molecular weight is 308 g/mol. The molecular formula is C15H20N2O3S. The normalized spacial score (nSPS) is 11.5. The number of benzene rings is 1. The van der Waals surface area contributed by atoms with Crippen molar-refractivity contribution in [1.29, 1.82) is 0 Å². The van der Waals surface area contributed by atoms with Crippen LogP contribution < -0.4 is 11.1 Å². The molecule has 0 aliphatic carbocycles. The molecule has 1 aromatic carbocycles. The minimum absolute atomic E-state index is 0.278. The summed E-state index contributed by atoms with van der Waals surface area (Å²) >= 11 is 0. The van der Waals surface area contributed by atoms with E-state index in [0.717, 1.165) is 17.4 Å². The molecule has 0 aliphatic rings. The first kappa shape index (κ1) is 17.2. The third-order valence-corrected chi connectivity index (χ3v) is 5.32. The van der Waals surface area contributed by atoms with E-state index in [1.54, 1.807) is 12.1 Å². The van der Waals surface area contributed by atoms with Gasteiger partial charge in [0.2, 0.25) is 5.91 Å². The van der Waals surface area contributed by atoms with Crippen molar-refractivity contribution in [1.82, 2.24) is 0 Å². The summed E-state index contributed by atoms with van der Waals surface area (Å²) in [5.74, 6) is 5.08. The van der Waals surface area contributed by atoms with E-state index in [0.29, 0.717) is 5.69 Å². The molecule has 21 heavy (non-hydrogen) atoms. The molecule has 0 unspecified atom stereocenters. The molecule has 114 valence electrons. The molecule has 5 nitrogen and oxygen atoms in total. The quantitative estimate of drug-likeness (QED) is 0.817. The van der Waals surface area contributed by atoms with Crippen LogP contribution in [0, 0.1) is 18.8 Å². The van der Waals surface area contributed by atoms with E-state index in [9.17, 15) is 13.2 Å². The first-order valence-electron chi connectivity index (χ1n) is 6.40. The van der Waals surface area contributed by atoms with Gasteiger partial charge in [0.15, 0.2) is 9.84 Å². The van der Waals surface area contributed by atoms with Crippen LogP contribution in [0.25, 0.3) is 0 Å². The molecule has 1 amide bonds. The number of carbonyl (C=O) groups is 1. The van der Waals surface area contributed by atoms with Gasteiger partial charge in [0.1, 0.15) is 4.75 Å². The minimum Gasteiger partial charge on any atom is -0.324 e. The Balaban J connectivity index is 3.02. The molecule has 0 aromatic heterocycles. The van der Waals surface area contributed by atoms with Crippen LogP contribution in [0.5, 0.6) is 0 Å². The molecule has 0 bridgehead atoms. The van der Waals surface area contributed by atoms with Crippen molar-refractivity contribution in [3.63, 3.8) is 0 Å². The molecule has 6 heteroatoms. The van der Waals surface area contributed by atoms with Crippen molar-refractivity contribution in [2.24, 2.45) is 5.73 Å². The van der Waals surface area contributed by atoms with Gasteiger partial charge < -0.3 is 11.1 Å². The SMILES string of the molecule is Cc1cc(C#CCN)ccc1NC(=O)C(C)(C)S(C)(=O)=O. The summed E-state index contributed by atoms with van der Waals surface area (Å²) in [6, 6.07) is 5.26. The summed E-state index contributed by atoms with van der Waals surface area (Å²) in [5, 5.41) is 2.65. The van der Waals surface area contributed by atoms with E-state index < -0.39 is 20.5 Å². The predicted molar refractivity (Wildman–Crippen MR) is 84.7 cm³/mol. The lowest BCUT2D eigenvalue weighted by Gasteiger charge is -2.22. The molecule has 0 radical (unpaired) electrons. The Morgan fingerprint density at radius 2 is 2.00 bits per heavy atom. The van der Waals surface area contributed by atoms with Crippen molar-refractivity contribution in [3.05, 3.63) is 29.3 Å². The molecule has 1 aromatic rings. The third kappa shape index (κ3) is 4.06. The van der Waals surface area contributed by atoms with Crippen LogP contribution in [0.3, 0.4) is 0 Å². The number of anilines is 1. The van der Waals surface area contributed by atoms with Crippen molar-refractivity contribution >= 4 is 21.4 Å². The van der Waals surface area contributed by atoms with Crippen molar-refractivity contribution in [3.8, 4) is 11.8 Å². The number of carbonyl (C=O) groups excluding carboxylic acids is 1. The lowest BCUT2D eigenvalue weighted by atomic mass is 10.1. The molecule has 0 heterocycles. The molecule has 0 saturated carbocycles. The summed E-state index contributed by atoms with van der Waals surface area (Å²) < 4.78 is 21.8. The fraction of sp³-hybridized carbons (Fsp3) is 0.400. The Morgan fingerprint density at radius 3 is 2.48 bits per heavy atom. The highest BCUT2D eigenvalue weighted by atomic mass is 32.2. The van der Waals surface area contributed by atoms with Crippen LogP contribution in [0.4, 0.5) is 5.69 Å². The molecule has 0 aliphatic heterocycles. The smallest absolute Gasteiger partial charge is 0.245 e. The summed E-state index contributed by atoms with van der Waals surface area (Å²) in [4.78, 5) is 12.2. The Bertz CT molecular complexity index is 710. The van der Waals surface area contributed by atoms with Gasteiger partial charge in [-0.1, -0.05) is 11.8 Å². The van der Waals surface area contributed by atoms with Crippen LogP contribution in [-0.4, -0.2) is 31.9 Å². The standard InChI is InChI=1S/C15H20N2O3S/c1-11-10-12(6-5-9-16)7-8-13(11)17-14(18)15(2,3)21(4,19)20/h7-8,10H,9,16H2,1-4H3,(H,17,18). The first-order valence-corrected chi connectivity index (χ1v) is 8.29. The summed E-state index contributed by atoms with van der Waals surface area (Å²) in [5.41, 5.74) is 7.47. The van der Waals surface area contributed by atoms with Crippen LogP contribution in [0.2, 0.25) is 0 Å². The van der Waals surface area contributed by atoms with Gasteiger partial charge in [0.05, 0.1) is 6.54 Å². The fourth-order valence-electron chi connectivity index (χ4n) is 1.48. The Morgan fingerprint density at radius 1 is 1.38 bits per heavy atom. The van der Waals surface area contributed by atoms with E-state index in [-0.39, 0.29) is 6.54 Å². The van der Waals surface area contributed by atoms with Gasteiger partial charge in [-0.3, -0.25) is 4.79 Å². The molecule has 3 N–H and O–H groups in total. The second-order valence-electron chi connectivity index (χ2n) is 5.27. The van der Waals surface area contributed by atoms with Crippen LogP contribution >= 0.6 is 0 Å². The van der Waals surface area contributed by atoms with E-state index in [1.807, 2.05) is 13.0 Å². The van der Waals surface area contributed by atoms with Crippen LogP contribution in [0.1, 0.15) is 25.0 Å². The minimum atomic E-state index is -3.50. The maximum absolute atomic E-state index is 12.2. The van der Waals surface area contributed by atoms with Gasteiger partial charge in [0, 0.05) is 17.5 Å². The number of nitrogens with two attached hydrogens (primary N) is 1. The molecule has 0 fully saturated rings. The highest BCUT2D eigenvalue weighted by Gasteiger charge is 2.38. The number of aryl methyl sites for hydroxylation is 1. The highest BCUT2D eigenvalue weighted by Crippen LogP contribution is 2.21. The van der Waals surface area contributed by atoms with Gasteiger partial charge in [-0.25, -0.2) is 8.42 Å². The maximum Gasteiger partial charge on any atom is 0.245 e. The predicted octanol–water partition coefficient (Wildman–Crippen LogP) is 1.07.